The van der Waals surface area contributed by atoms with Crippen LogP contribution in [-0.2, 0) is 6.54 Å². The second kappa shape index (κ2) is 5.42. The van der Waals surface area contributed by atoms with Crippen LogP contribution in [0.4, 0.5) is 15.9 Å². The van der Waals surface area contributed by atoms with Gasteiger partial charge in [-0.15, -0.1) is 0 Å². The van der Waals surface area contributed by atoms with E-state index >= 15 is 0 Å². The van der Waals surface area contributed by atoms with Crippen molar-refractivity contribution in [3.8, 4) is 0 Å². The van der Waals surface area contributed by atoms with Crippen molar-refractivity contribution in [3.63, 3.8) is 0 Å². The molecule has 0 fully saturated rings. The predicted octanol–water partition coefficient (Wildman–Crippen LogP) is 1.54. The first kappa shape index (κ1) is 12.3. The van der Waals surface area contributed by atoms with E-state index in [9.17, 15) is 4.39 Å². The highest BCUT2D eigenvalue weighted by Crippen LogP contribution is 2.15. The number of halogens is 1. The smallest absolute Gasteiger partial charge is 0.158 e. The van der Waals surface area contributed by atoms with Crippen LogP contribution in [0.3, 0.4) is 0 Å². The Hall–Kier alpha value is -2.21. The van der Waals surface area contributed by atoms with Crippen LogP contribution >= 0.6 is 0 Å². The van der Waals surface area contributed by atoms with Crippen LogP contribution in [0.25, 0.3) is 0 Å². The number of benzene rings is 1. The van der Waals surface area contributed by atoms with Crippen LogP contribution < -0.4 is 16.2 Å². The molecule has 6 heteroatoms. The normalized spacial score (nSPS) is 10.2. The Morgan fingerprint density at radius 3 is 2.50 bits per heavy atom. The van der Waals surface area contributed by atoms with Gasteiger partial charge in [0.1, 0.15) is 5.82 Å². The molecule has 0 atom stereocenters. The summed E-state index contributed by atoms with van der Waals surface area (Å²) in [5.74, 6) is 5.48. The van der Waals surface area contributed by atoms with Gasteiger partial charge in [-0.3, -0.25) is 4.98 Å². The highest BCUT2D eigenvalue weighted by Gasteiger charge is 2.04. The molecule has 3 N–H and O–H groups in total. The van der Waals surface area contributed by atoms with Crippen LogP contribution in [-0.4, -0.2) is 17.0 Å². The van der Waals surface area contributed by atoms with Gasteiger partial charge in [0, 0.05) is 12.7 Å². The van der Waals surface area contributed by atoms with Crippen molar-refractivity contribution >= 4 is 11.5 Å². The molecule has 0 unspecified atom stereocenters. The topological polar surface area (TPSA) is 67.1 Å². The second-order valence-corrected chi connectivity index (χ2v) is 3.87. The van der Waals surface area contributed by atoms with E-state index in [0.29, 0.717) is 12.4 Å². The summed E-state index contributed by atoms with van der Waals surface area (Å²) in [6.07, 6.45) is 3.21. The monoisotopic (exact) mass is 247 g/mol. The lowest BCUT2D eigenvalue weighted by Gasteiger charge is -2.18. The van der Waals surface area contributed by atoms with Gasteiger partial charge in [0.05, 0.1) is 24.6 Å². The predicted molar refractivity (Wildman–Crippen MR) is 68.3 cm³/mol. The van der Waals surface area contributed by atoms with Gasteiger partial charge < -0.3 is 10.3 Å². The number of nitrogens with one attached hydrogen (secondary N) is 1. The minimum absolute atomic E-state index is 0.245. The van der Waals surface area contributed by atoms with Gasteiger partial charge in [0.2, 0.25) is 0 Å². The highest BCUT2D eigenvalue weighted by molar-refractivity contribution is 5.45. The molecule has 0 aliphatic rings. The first-order chi connectivity index (χ1) is 8.69. The summed E-state index contributed by atoms with van der Waals surface area (Å²) in [4.78, 5) is 10.2. The molecule has 5 nitrogen and oxygen atoms in total. The van der Waals surface area contributed by atoms with Gasteiger partial charge in [-0.1, -0.05) is 0 Å². The number of aromatic nitrogens is 2. The summed E-state index contributed by atoms with van der Waals surface area (Å²) in [5.41, 5.74) is 4.14. The number of hydrogen-bond donors (Lipinski definition) is 2. The van der Waals surface area contributed by atoms with Crippen LogP contribution in [0, 0.1) is 5.82 Å². The molecule has 1 heterocycles. The standard InChI is InChI=1S/C12H14FN5/c1-18(11-4-2-9(13)3-5-11)8-10-6-16-12(17-14)7-15-10/h2-7H,8,14H2,1H3,(H,16,17). The Bertz CT molecular complexity index is 497. The number of hydrazine groups is 1. The van der Waals surface area contributed by atoms with Gasteiger partial charge in [0.15, 0.2) is 5.82 Å². The summed E-state index contributed by atoms with van der Waals surface area (Å²) in [6, 6.07) is 6.30. The molecule has 94 valence electrons. The Balaban J connectivity index is 2.05. The Kier molecular flexibility index (Phi) is 3.69. The average molecular weight is 247 g/mol. The van der Waals surface area contributed by atoms with E-state index < -0.39 is 0 Å². The van der Waals surface area contributed by atoms with Gasteiger partial charge in [-0.25, -0.2) is 15.2 Å². The fourth-order valence-electron chi connectivity index (χ4n) is 1.54. The summed E-state index contributed by atoms with van der Waals surface area (Å²) in [7, 11) is 1.91. The molecule has 1 aromatic carbocycles. The van der Waals surface area contributed by atoms with E-state index in [1.54, 1.807) is 24.5 Å². The number of nitrogens with two attached hydrogens (primary N) is 1. The Labute approximate surface area is 104 Å². The number of nitrogen functional groups attached to an aromatic ring is 1. The maximum Gasteiger partial charge on any atom is 0.158 e. The van der Waals surface area contributed by atoms with Crippen molar-refractivity contribution in [2.75, 3.05) is 17.4 Å². The zero-order valence-corrected chi connectivity index (χ0v) is 9.97. The Morgan fingerprint density at radius 1 is 1.22 bits per heavy atom. The first-order valence-electron chi connectivity index (χ1n) is 5.43. The van der Waals surface area contributed by atoms with Crippen molar-refractivity contribution < 1.29 is 4.39 Å². The second-order valence-electron chi connectivity index (χ2n) is 3.87. The molecule has 0 aliphatic carbocycles. The Morgan fingerprint density at radius 2 is 1.94 bits per heavy atom. The average Bonchev–Trinajstić information content (AvgIpc) is 2.40. The van der Waals surface area contributed by atoms with E-state index in [1.807, 2.05) is 11.9 Å². The third-order valence-corrected chi connectivity index (χ3v) is 2.52. The maximum atomic E-state index is 12.8. The lowest BCUT2D eigenvalue weighted by Crippen LogP contribution is -2.17. The molecule has 2 aromatic rings. The fourth-order valence-corrected chi connectivity index (χ4v) is 1.54. The molecule has 0 spiro atoms. The van der Waals surface area contributed by atoms with Gasteiger partial charge in [-0.2, -0.15) is 0 Å². The number of rotatable bonds is 4. The molecule has 1 aromatic heterocycles. The number of anilines is 2. The van der Waals surface area contributed by atoms with Crippen LogP contribution in [0.2, 0.25) is 0 Å². The van der Waals surface area contributed by atoms with Crippen molar-refractivity contribution in [3.05, 3.63) is 48.2 Å². The molecule has 0 amide bonds. The molecule has 2 rings (SSSR count). The lowest BCUT2D eigenvalue weighted by atomic mass is 10.3. The lowest BCUT2D eigenvalue weighted by molar-refractivity contribution is 0.627. The summed E-state index contributed by atoms with van der Waals surface area (Å²) in [6.45, 7) is 0.587. The van der Waals surface area contributed by atoms with E-state index in [2.05, 4.69) is 15.4 Å². The molecule has 18 heavy (non-hydrogen) atoms. The molecular weight excluding hydrogens is 233 g/mol. The molecular formula is C12H14FN5. The van der Waals surface area contributed by atoms with Gasteiger partial charge in [-0.05, 0) is 24.3 Å². The largest absolute Gasteiger partial charge is 0.369 e. The van der Waals surface area contributed by atoms with Crippen molar-refractivity contribution in [1.29, 1.82) is 0 Å². The zero-order chi connectivity index (χ0) is 13.0. The van der Waals surface area contributed by atoms with E-state index in [0.717, 1.165) is 11.4 Å². The molecule has 0 aliphatic heterocycles. The third kappa shape index (κ3) is 2.92. The number of nitrogens with zero attached hydrogens (tertiary/aromatic N) is 3. The van der Waals surface area contributed by atoms with E-state index in [1.165, 1.54) is 12.1 Å². The zero-order valence-electron chi connectivity index (χ0n) is 9.97. The molecule has 0 saturated heterocycles. The van der Waals surface area contributed by atoms with E-state index in [-0.39, 0.29) is 5.82 Å². The maximum absolute atomic E-state index is 12.8. The number of hydrogen-bond acceptors (Lipinski definition) is 5. The summed E-state index contributed by atoms with van der Waals surface area (Å²) in [5, 5.41) is 0. The van der Waals surface area contributed by atoms with E-state index in [4.69, 9.17) is 5.84 Å². The fraction of sp³-hybridized carbons (Fsp3) is 0.167. The minimum atomic E-state index is -0.245. The van der Waals surface area contributed by atoms with Gasteiger partial charge >= 0.3 is 0 Å². The van der Waals surface area contributed by atoms with Crippen LogP contribution in [0.5, 0.6) is 0 Å². The van der Waals surface area contributed by atoms with Crippen molar-refractivity contribution in [2.45, 2.75) is 6.54 Å². The van der Waals surface area contributed by atoms with Gasteiger partial charge in [0.25, 0.3) is 0 Å². The third-order valence-electron chi connectivity index (χ3n) is 2.52. The van der Waals surface area contributed by atoms with Crippen molar-refractivity contribution in [2.24, 2.45) is 5.84 Å². The molecule has 0 radical (unpaired) electrons. The SMILES string of the molecule is CN(Cc1cnc(NN)cn1)c1ccc(F)cc1. The quantitative estimate of drug-likeness (QED) is 0.633. The first-order valence-corrected chi connectivity index (χ1v) is 5.43. The summed E-state index contributed by atoms with van der Waals surface area (Å²) >= 11 is 0. The van der Waals surface area contributed by atoms with Crippen LogP contribution in [0.1, 0.15) is 5.69 Å². The minimum Gasteiger partial charge on any atom is -0.369 e. The van der Waals surface area contributed by atoms with Crippen molar-refractivity contribution in [1.82, 2.24) is 9.97 Å². The molecule has 0 saturated carbocycles. The highest BCUT2D eigenvalue weighted by atomic mass is 19.1. The summed E-state index contributed by atoms with van der Waals surface area (Å²) < 4.78 is 12.8. The molecule has 0 bridgehead atoms. The van der Waals surface area contributed by atoms with Crippen LogP contribution in [0.15, 0.2) is 36.7 Å².